The maximum Gasteiger partial charge on any atom is 0.407 e. The highest BCUT2D eigenvalue weighted by Crippen LogP contribution is 2.34. The fraction of sp³-hybridized carbons (Fsp3) is 0.857. The van der Waals surface area contributed by atoms with Gasteiger partial charge < -0.3 is 15.2 Å². The molecule has 4 atom stereocenters. The summed E-state index contributed by atoms with van der Waals surface area (Å²) < 4.78 is 5.21. The Kier molecular flexibility index (Phi) is 4.82. The molecule has 0 spiro atoms. The second kappa shape index (κ2) is 5.80. The van der Waals surface area contributed by atoms with Gasteiger partial charge in [-0.2, -0.15) is 0 Å². The van der Waals surface area contributed by atoms with E-state index in [1.54, 1.807) is 20.8 Å². The van der Waals surface area contributed by atoms with Crippen LogP contribution in [-0.2, 0) is 9.53 Å². The number of carboxylic acids is 1. The van der Waals surface area contributed by atoms with Crippen molar-refractivity contribution in [3.8, 4) is 0 Å². The number of carbonyl (C=O) groups excluding carboxylic acids is 1. The number of rotatable bonds is 2. The molecule has 19 heavy (non-hydrogen) atoms. The van der Waals surface area contributed by atoms with E-state index in [0.29, 0.717) is 6.42 Å². The molecule has 1 aliphatic rings. The quantitative estimate of drug-likeness (QED) is 0.809. The first-order valence-corrected chi connectivity index (χ1v) is 6.82. The van der Waals surface area contributed by atoms with Gasteiger partial charge in [-0.1, -0.05) is 13.8 Å². The molecule has 0 aromatic carbocycles. The number of amides is 1. The van der Waals surface area contributed by atoms with Gasteiger partial charge in [-0.3, -0.25) is 4.79 Å². The molecule has 1 fully saturated rings. The maximum atomic E-state index is 11.7. The Labute approximate surface area is 114 Å². The molecular formula is C14H25NO4. The SMILES string of the molecule is C[C@@H]1C[C@H](C)[C@@H](NC(=O)OC(C)(C)C)C[C@@H]1C(=O)O. The number of ether oxygens (including phenoxy) is 1. The third-order valence-corrected chi connectivity index (χ3v) is 3.64. The van der Waals surface area contributed by atoms with Gasteiger partial charge in [0, 0.05) is 6.04 Å². The summed E-state index contributed by atoms with van der Waals surface area (Å²) in [6, 6.07) is -0.132. The number of nitrogens with one attached hydrogen (secondary N) is 1. The lowest BCUT2D eigenvalue weighted by molar-refractivity contribution is -0.145. The van der Waals surface area contributed by atoms with Crippen molar-refractivity contribution in [3.63, 3.8) is 0 Å². The number of alkyl carbamates (subject to hydrolysis) is 1. The minimum Gasteiger partial charge on any atom is -0.481 e. The Balaban J connectivity index is 2.62. The topological polar surface area (TPSA) is 75.6 Å². The first kappa shape index (κ1) is 15.8. The minimum atomic E-state index is -0.782. The van der Waals surface area contributed by atoms with Gasteiger partial charge in [0.05, 0.1) is 5.92 Å². The molecule has 1 aliphatic carbocycles. The third kappa shape index (κ3) is 4.73. The highest BCUT2D eigenvalue weighted by Gasteiger charge is 2.37. The molecule has 0 aliphatic heterocycles. The van der Waals surface area contributed by atoms with Crippen LogP contribution in [0.1, 0.15) is 47.5 Å². The van der Waals surface area contributed by atoms with Gasteiger partial charge in [0.1, 0.15) is 5.60 Å². The van der Waals surface area contributed by atoms with E-state index in [4.69, 9.17) is 4.74 Å². The second-order valence-electron chi connectivity index (χ2n) is 6.62. The zero-order chi connectivity index (χ0) is 14.8. The number of carbonyl (C=O) groups is 2. The van der Waals surface area contributed by atoms with Gasteiger partial charge in [0.2, 0.25) is 0 Å². The monoisotopic (exact) mass is 271 g/mol. The van der Waals surface area contributed by atoms with E-state index in [2.05, 4.69) is 5.32 Å². The van der Waals surface area contributed by atoms with E-state index in [9.17, 15) is 14.7 Å². The first-order valence-electron chi connectivity index (χ1n) is 6.82. The van der Waals surface area contributed by atoms with Crippen molar-refractivity contribution < 1.29 is 19.4 Å². The summed E-state index contributed by atoms with van der Waals surface area (Å²) in [6.45, 7) is 9.41. The van der Waals surface area contributed by atoms with Crippen LogP contribution in [0.2, 0.25) is 0 Å². The highest BCUT2D eigenvalue weighted by molar-refractivity contribution is 5.71. The average molecular weight is 271 g/mol. The summed E-state index contributed by atoms with van der Waals surface area (Å²) in [6.07, 6.45) is 0.803. The Morgan fingerprint density at radius 1 is 1.16 bits per heavy atom. The summed E-state index contributed by atoms with van der Waals surface area (Å²) in [5.74, 6) is -0.770. The predicted octanol–water partition coefficient (Wildman–Crippen LogP) is 2.65. The molecule has 0 bridgehead atoms. The Morgan fingerprint density at radius 3 is 2.21 bits per heavy atom. The van der Waals surface area contributed by atoms with E-state index in [-0.39, 0.29) is 17.9 Å². The van der Waals surface area contributed by atoms with Crippen molar-refractivity contribution in [1.82, 2.24) is 5.32 Å². The van der Waals surface area contributed by atoms with Crippen LogP contribution in [-0.4, -0.2) is 28.8 Å². The Hall–Kier alpha value is -1.26. The molecule has 0 unspecified atom stereocenters. The second-order valence-corrected chi connectivity index (χ2v) is 6.62. The van der Waals surface area contributed by atoms with Gasteiger partial charge in [-0.05, 0) is 45.4 Å². The molecule has 1 saturated carbocycles. The van der Waals surface area contributed by atoms with Crippen LogP contribution in [0.3, 0.4) is 0 Å². The van der Waals surface area contributed by atoms with Crippen LogP contribution >= 0.6 is 0 Å². The van der Waals surface area contributed by atoms with Gasteiger partial charge in [0.25, 0.3) is 0 Å². The number of aliphatic carboxylic acids is 1. The first-order chi connectivity index (χ1) is 8.60. The van der Waals surface area contributed by atoms with E-state index in [1.165, 1.54) is 0 Å². The average Bonchev–Trinajstić information content (AvgIpc) is 2.18. The lowest BCUT2D eigenvalue weighted by Gasteiger charge is -2.37. The normalized spacial score (nSPS) is 31.6. The Morgan fingerprint density at radius 2 is 1.74 bits per heavy atom. The van der Waals surface area contributed by atoms with E-state index in [1.807, 2.05) is 13.8 Å². The fourth-order valence-corrected chi connectivity index (χ4v) is 2.66. The van der Waals surface area contributed by atoms with Crippen molar-refractivity contribution in [2.75, 3.05) is 0 Å². The third-order valence-electron chi connectivity index (χ3n) is 3.64. The molecule has 1 rings (SSSR count). The fourth-order valence-electron chi connectivity index (χ4n) is 2.66. The van der Waals surface area contributed by atoms with Crippen LogP contribution in [0.5, 0.6) is 0 Å². The van der Waals surface area contributed by atoms with Crippen LogP contribution in [0, 0.1) is 17.8 Å². The summed E-state index contributed by atoms with van der Waals surface area (Å²) in [5, 5.41) is 12.0. The van der Waals surface area contributed by atoms with Crippen molar-refractivity contribution in [3.05, 3.63) is 0 Å². The molecule has 0 heterocycles. The number of hydrogen-bond acceptors (Lipinski definition) is 3. The van der Waals surface area contributed by atoms with Gasteiger partial charge in [0.15, 0.2) is 0 Å². The molecule has 0 radical (unpaired) electrons. The van der Waals surface area contributed by atoms with Gasteiger partial charge in [-0.15, -0.1) is 0 Å². The lowest BCUT2D eigenvalue weighted by Crippen LogP contribution is -2.48. The van der Waals surface area contributed by atoms with Gasteiger partial charge >= 0.3 is 12.1 Å². The van der Waals surface area contributed by atoms with Crippen molar-refractivity contribution >= 4 is 12.1 Å². The maximum absolute atomic E-state index is 11.7. The predicted molar refractivity (Wildman–Crippen MR) is 71.8 cm³/mol. The number of carboxylic acid groups (broad SMARTS) is 1. The van der Waals surface area contributed by atoms with E-state index >= 15 is 0 Å². The largest absolute Gasteiger partial charge is 0.481 e. The van der Waals surface area contributed by atoms with Crippen LogP contribution in [0.15, 0.2) is 0 Å². The van der Waals surface area contributed by atoms with Gasteiger partial charge in [-0.25, -0.2) is 4.79 Å². The molecule has 0 aromatic heterocycles. The van der Waals surface area contributed by atoms with Crippen molar-refractivity contribution in [2.45, 2.75) is 59.1 Å². The summed E-state index contributed by atoms with van der Waals surface area (Å²) in [7, 11) is 0. The summed E-state index contributed by atoms with van der Waals surface area (Å²) >= 11 is 0. The molecule has 5 nitrogen and oxygen atoms in total. The smallest absolute Gasteiger partial charge is 0.407 e. The zero-order valence-electron chi connectivity index (χ0n) is 12.4. The molecule has 2 N–H and O–H groups in total. The van der Waals surface area contributed by atoms with Crippen LogP contribution in [0.25, 0.3) is 0 Å². The van der Waals surface area contributed by atoms with Crippen molar-refractivity contribution in [2.24, 2.45) is 17.8 Å². The van der Waals surface area contributed by atoms with E-state index < -0.39 is 23.6 Å². The lowest BCUT2D eigenvalue weighted by atomic mass is 9.73. The molecular weight excluding hydrogens is 246 g/mol. The Bertz CT molecular complexity index is 348. The molecule has 0 saturated heterocycles. The summed E-state index contributed by atoms with van der Waals surface area (Å²) in [4.78, 5) is 22.9. The molecule has 110 valence electrons. The van der Waals surface area contributed by atoms with Crippen molar-refractivity contribution in [1.29, 1.82) is 0 Å². The molecule has 0 aromatic rings. The summed E-state index contributed by atoms with van der Waals surface area (Å²) in [5.41, 5.74) is -0.540. The zero-order valence-corrected chi connectivity index (χ0v) is 12.4. The van der Waals surface area contributed by atoms with E-state index in [0.717, 1.165) is 6.42 Å². The number of hydrogen-bond donors (Lipinski definition) is 2. The standard InChI is InChI=1S/C14H25NO4/c1-8-6-9(2)11(7-10(8)12(16)17)15-13(18)19-14(3,4)5/h8-11H,6-7H2,1-5H3,(H,15,18)(H,16,17)/t8-,9+,10+,11+/m1/s1. The highest BCUT2D eigenvalue weighted by atomic mass is 16.6. The minimum absolute atomic E-state index is 0.132. The van der Waals surface area contributed by atoms with Crippen LogP contribution < -0.4 is 5.32 Å². The van der Waals surface area contributed by atoms with Crippen LogP contribution in [0.4, 0.5) is 4.79 Å². The molecule has 1 amide bonds. The molecule has 5 heteroatoms.